The van der Waals surface area contributed by atoms with Crippen LogP contribution in [0.3, 0.4) is 0 Å². The minimum atomic E-state index is -0.253. The van der Waals surface area contributed by atoms with Crippen LogP contribution in [-0.4, -0.2) is 25.9 Å². The fraction of sp³-hybridized carbons (Fsp3) is 0.462. The predicted octanol–water partition coefficient (Wildman–Crippen LogP) is 2.57. The number of rotatable bonds is 4. The fourth-order valence-electron chi connectivity index (χ4n) is 1.88. The van der Waals surface area contributed by atoms with Gasteiger partial charge in [0.2, 0.25) is 0 Å². The maximum Gasteiger partial charge on any atom is 0.414 e. The summed E-state index contributed by atoms with van der Waals surface area (Å²) in [4.78, 5) is 13.3. The summed E-state index contributed by atoms with van der Waals surface area (Å²) in [5.41, 5.74) is 1.97. The van der Waals surface area contributed by atoms with Crippen molar-refractivity contribution in [2.24, 2.45) is 0 Å². The van der Waals surface area contributed by atoms with E-state index in [2.05, 4.69) is 0 Å². The molecule has 92 valence electrons. The van der Waals surface area contributed by atoms with E-state index in [1.807, 2.05) is 31.2 Å². The van der Waals surface area contributed by atoms with E-state index in [1.165, 1.54) is 0 Å². The SMILES string of the molecule is CCC1CN(c2ccc(COC)cc2)C(=O)O1. The molecule has 0 radical (unpaired) electrons. The number of hydrogen-bond donors (Lipinski definition) is 0. The third-order valence-electron chi connectivity index (χ3n) is 2.89. The van der Waals surface area contributed by atoms with Crippen LogP contribution in [0.2, 0.25) is 0 Å². The van der Waals surface area contributed by atoms with Crippen LogP contribution in [0.15, 0.2) is 24.3 Å². The average Bonchev–Trinajstić information content (AvgIpc) is 2.72. The maximum absolute atomic E-state index is 11.6. The standard InChI is InChI=1S/C13H17NO3/c1-3-12-8-14(13(15)17-12)11-6-4-10(5-7-11)9-16-2/h4-7,12H,3,8-9H2,1-2H3. The number of methoxy groups -OCH3 is 1. The zero-order valence-corrected chi connectivity index (χ0v) is 10.2. The molecule has 0 bridgehead atoms. The lowest BCUT2D eigenvalue weighted by Gasteiger charge is -2.13. The van der Waals surface area contributed by atoms with Gasteiger partial charge in [-0.3, -0.25) is 4.90 Å². The molecule has 17 heavy (non-hydrogen) atoms. The molecule has 4 heteroatoms. The van der Waals surface area contributed by atoms with E-state index in [4.69, 9.17) is 9.47 Å². The summed E-state index contributed by atoms with van der Waals surface area (Å²) in [5, 5.41) is 0. The summed E-state index contributed by atoms with van der Waals surface area (Å²) >= 11 is 0. The Bertz CT molecular complexity index is 388. The van der Waals surface area contributed by atoms with Crippen molar-refractivity contribution in [1.29, 1.82) is 0 Å². The van der Waals surface area contributed by atoms with Crippen molar-refractivity contribution >= 4 is 11.8 Å². The van der Waals surface area contributed by atoms with Gasteiger partial charge in [0.15, 0.2) is 0 Å². The van der Waals surface area contributed by atoms with Gasteiger partial charge in [-0.2, -0.15) is 0 Å². The predicted molar refractivity (Wildman–Crippen MR) is 65.1 cm³/mol. The molecular weight excluding hydrogens is 218 g/mol. The molecule has 0 saturated carbocycles. The first-order valence-electron chi connectivity index (χ1n) is 5.80. The Morgan fingerprint density at radius 1 is 1.41 bits per heavy atom. The van der Waals surface area contributed by atoms with E-state index in [1.54, 1.807) is 12.0 Å². The minimum Gasteiger partial charge on any atom is -0.444 e. The van der Waals surface area contributed by atoms with E-state index in [0.29, 0.717) is 13.2 Å². The summed E-state index contributed by atoms with van der Waals surface area (Å²) < 4.78 is 10.3. The normalized spacial score (nSPS) is 19.5. The molecule has 1 unspecified atom stereocenters. The Morgan fingerprint density at radius 2 is 2.12 bits per heavy atom. The Morgan fingerprint density at radius 3 is 2.65 bits per heavy atom. The number of amides is 1. The van der Waals surface area contributed by atoms with Crippen molar-refractivity contribution in [2.45, 2.75) is 26.1 Å². The Kier molecular flexibility index (Phi) is 3.64. The van der Waals surface area contributed by atoms with Crippen LogP contribution in [0.25, 0.3) is 0 Å². The van der Waals surface area contributed by atoms with Gasteiger partial charge in [-0.1, -0.05) is 19.1 Å². The molecule has 0 N–H and O–H groups in total. The summed E-state index contributed by atoms with van der Waals surface area (Å²) in [5.74, 6) is 0. The van der Waals surface area contributed by atoms with Crippen LogP contribution in [0.4, 0.5) is 10.5 Å². The lowest BCUT2D eigenvalue weighted by Crippen LogP contribution is -2.24. The zero-order valence-electron chi connectivity index (χ0n) is 10.2. The Labute approximate surface area is 101 Å². The fourth-order valence-corrected chi connectivity index (χ4v) is 1.88. The van der Waals surface area contributed by atoms with Crippen molar-refractivity contribution in [3.8, 4) is 0 Å². The van der Waals surface area contributed by atoms with Gasteiger partial charge in [-0.05, 0) is 24.1 Å². The van der Waals surface area contributed by atoms with Crippen LogP contribution in [-0.2, 0) is 16.1 Å². The second kappa shape index (κ2) is 5.19. The van der Waals surface area contributed by atoms with Crippen LogP contribution >= 0.6 is 0 Å². The number of ether oxygens (including phenoxy) is 2. The molecule has 4 nitrogen and oxygen atoms in total. The molecule has 0 spiro atoms. The van der Waals surface area contributed by atoms with E-state index in [-0.39, 0.29) is 12.2 Å². The molecule has 1 heterocycles. The summed E-state index contributed by atoms with van der Waals surface area (Å²) in [7, 11) is 1.66. The molecule has 1 amide bonds. The van der Waals surface area contributed by atoms with Gasteiger partial charge in [0, 0.05) is 12.8 Å². The summed E-state index contributed by atoms with van der Waals surface area (Å²) in [6.45, 7) is 3.24. The third kappa shape index (κ3) is 2.58. The number of anilines is 1. The highest BCUT2D eigenvalue weighted by Gasteiger charge is 2.30. The number of carbonyl (C=O) groups excluding carboxylic acids is 1. The molecule has 0 aliphatic carbocycles. The zero-order chi connectivity index (χ0) is 12.3. The highest BCUT2D eigenvalue weighted by atomic mass is 16.6. The number of benzene rings is 1. The Hall–Kier alpha value is -1.55. The highest BCUT2D eigenvalue weighted by molar-refractivity contribution is 5.89. The van der Waals surface area contributed by atoms with Crippen molar-refractivity contribution < 1.29 is 14.3 Å². The number of hydrogen-bond acceptors (Lipinski definition) is 3. The quantitative estimate of drug-likeness (QED) is 0.805. The first-order chi connectivity index (χ1) is 8.24. The maximum atomic E-state index is 11.6. The smallest absolute Gasteiger partial charge is 0.414 e. The van der Waals surface area contributed by atoms with Crippen LogP contribution in [0.5, 0.6) is 0 Å². The van der Waals surface area contributed by atoms with Crippen LogP contribution < -0.4 is 4.90 Å². The topological polar surface area (TPSA) is 38.8 Å². The molecule has 1 aromatic rings. The van der Waals surface area contributed by atoms with Gasteiger partial charge >= 0.3 is 6.09 Å². The van der Waals surface area contributed by atoms with Gasteiger partial charge in [0.1, 0.15) is 6.10 Å². The van der Waals surface area contributed by atoms with Crippen molar-refractivity contribution in [3.05, 3.63) is 29.8 Å². The minimum absolute atomic E-state index is 0.0150. The molecular formula is C13H17NO3. The number of nitrogens with zero attached hydrogens (tertiary/aromatic N) is 1. The number of carbonyl (C=O) groups is 1. The molecule has 1 fully saturated rings. The van der Waals surface area contributed by atoms with E-state index >= 15 is 0 Å². The molecule has 1 aliphatic rings. The van der Waals surface area contributed by atoms with Gasteiger partial charge in [0.05, 0.1) is 13.2 Å². The number of cyclic esters (lactones) is 1. The largest absolute Gasteiger partial charge is 0.444 e. The second-order valence-electron chi connectivity index (χ2n) is 4.12. The van der Waals surface area contributed by atoms with Crippen molar-refractivity contribution in [3.63, 3.8) is 0 Å². The molecule has 1 atom stereocenters. The van der Waals surface area contributed by atoms with Gasteiger partial charge in [-0.25, -0.2) is 4.79 Å². The monoisotopic (exact) mass is 235 g/mol. The molecule has 1 aromatic carbocycles. The van der Waals surface area contributed by atoms with E-state index in [0.717, 1.165) is 17.7 Å². The van der Waals surface area contributed by atoms with Crippen LogP contribution in [0, 0.1) is 0 Å². The lowest BCUT2D eigenvalue weighted by molar-refractivity contribution is 0.139. The highest BCUT2D eigenvalue weighted by Crippen LogP contribution is 2.23. The summed E-state index contributed by atoms with van der Waals surface area (Å²) in [6.07, 6.45) is 0.613. The molecule has 0 aromatic heterocycles. The van der Waals surface area contributed by atoms with E-state index < -0.39 is 0 Å². The first-order valence-corrected chi connectivity index (χ1v) is 5.80. The third-order valence-corrected chi connectivity index (χ3v) is 2.89. The average molecular weight is 235 g/mol. The molecule has 1 aliphatic heterocycles. The van der Waals surface area contributed by atoms with E-state index in [9.17, 15) is 4.79 Å². The van der Waals surface area contributed by atoms with Gasteiger partial charge in [-0.15, -0.1) is 0 Å². The first kappa shape index (κ1) is 11.9. The van der Waals surface area contributed by atoms with Crippen LogP contribution in [0.1, 0.15) is 18.9 Å². The lowest BCUT2D eigenvalue weighted by atomic mass is 10.2. The molecule has 2 rings (SSSR count). The Balaban J connectivity index is 2.09. The van der Waals surface area contributed by atoms with Gasteiger partial charge in [0.25, 0.3) is 0 Å². The van der Waals surface area contributed by atoms with Crippen molar-refractivity contribution in [2.75, 3.05) is 18.6 Å². The summed E-state index contributed by atoms with van der Waals surface area (Å²) in [6, 6.07) is 7.78. The van der Waals surface area contributed by atoms with Crippen molar-refractivity contribution in [1.82, 2.24) is 0 Å². The van der Waals surface area contributed by atoms with Gasteiger partial charge < -0.3 is 9.47 Å². The molecule has 1 saturated heterocycles. The second-order valence-corrected chi connectivity index (χ2v) is 4.12.